The fourth-order valence-electron chi connectivity index (χ4n) is 2.66. The SMILES string of the molecule is CN(C(=O)c1cccc(S(=O)(=O)N(C)C)c1)C1CCCC1. The summed E-state index contributed by atoms with van der Waals surface area (Å²) in [6, 6.07) is 6.53. The molecule has 1 aromatic rings. The average molecular weight is 310 g/mol. The highest BCUT2D eigenvalue weighted by atomic mass is 32.2. The lowest BCUT2D eigenvalue weighted by molar-refractivity contribution is 0.0735. The van der Waals surface area contributed by atoms with E-state index in [0.717, 1.165) is 30.0 Å². The van der Waals surface area contributed by atoms with E-state index in [9.17, 15) is 13.2 Å². The number of hydrogen-bond acceptors (Lipinski definition) is 3. The molecule has 0 atom stereocenters. The van der Waals surface area contributed by atoms with Crippen LogP contribution in [0.4, 0.5) is 0 Å². The molecule has 0 saturated heterocycles. The van der Waals surface area contributed by atoms with Crippen molar-refractivity contribution in [3.05, 3.63) is 29.8 Å². The molecule has 0 N–H and O–H groups in total. The van der Waals surface area contributed by atoms with Crippen molar-refractivity contribution in [2.75, 3.05) is 21.1 Å². The van der Waals surface area contributed by atoms with Crippen molar-refractivity contribution in [2.45, 2.75) is 36.6 Å². The van der Waals surface area contributed by atoms with Gasteiger partial charge in [0.05, 0.1) is 4.90 Å². The summed E-state index contributed by atoms with van der Waals surface area (Å²) >= 11 is 0. The standard InChI is InChI=1S/C15H22N2O3S/c1-16(2)21(19,20)14-10-6-7-12(11-14)15(18)17(3)13-8-4-5-9-13/h6-7,10-11,13H,4-5,8-9H2,1-3H3. The van der Waals surface area contributed by atoms with Crippen LogP contribution in [0.25, 0.3) is 0 Å². The van der Waals surface area contributed by atoms with E-state index in [0.29, 0.717) is 5.56 Å². The zero-order valence-electron chi connectivity index (χ0n) is 12.7. The van der Waals surface area contributed by atoms with Crippen LogP contribution in [-0.4, -0.2) is 50.7 Å². The number of rotatable bonds is 4. The van der Waals surface area contributed by atoms with Crippen LogP contribution in [0.15, 0.2) is 29.2 Å². The molecule has 21 heavy (non-hydrogen) atoms. The normalized spacial score (nSPS) is 16.4. The lowest BCUT2D eigenvalue weighted by atomic mass is 10.1. The third-order valence-corrected chi connectivity index (χ3v) is 5.86. The quantitative estimate of drug-likeness (QED) is 0.854. The summed E-state index contributed by atoms with van der Waals surface area (Å²) < 4.78 is 25.4. The van der Waals surface area contributed by atoms with Crippen LogP contribution >= 0.6 is 0 Å². The highest BCUT2D eigenvalue weighted by Crippen LogP contribution is 2.24. The second kappa shape index (κ2) is 6.15. The molecule has 6 heteroatoms. The molecule has 1 amide bonds. The molecule has 0 heterocycles. The molecule has 1 aromatic carbocycles. The summed E-state index contributed by atoms with van der Waals surface area (Å²) in [5.74, 6) is -0.113. The second-order valence-electron chi connectivity index (χ2n) is 5.67. The first kappa shape index (κ1) is 16.0. The van der Waals surface area contributed by atoms with Gasteiger partial charge in [-0.25, -0.2) is 12.7 Å². The minimum absolute atomic E-state index is 0.113. The van der Waals surface area contributed by atoms with Crippen LogP contribution in [0, 0.1) is 0 Å². The van der Waals surface area contributed by atoms with Crippen LogP contribution in [0.1, 0.15) is 36.0 Å². The van der Waals surface area contributed by atoms with E-state index in [1.165, 1.54) is 26.2 Å². The van der Waals surface area contributed by atoms with Gasteiger partial charge >= 0.3 is 0 Å². The first-order chi connectivity index (χ1) is 9.84. The van der Waals surface area contributed by atoms with E-state index < -0.39 is 10.0 Å². The molecule has 5 nitrogen and oxygen atoms in total. The Hall–Kier alpha value is -1.40. The zero-order valence-corrected chi connectivity index (χ0v) is 13.6. The fourth-order valence-corrected chi connectivity index (χ4v) is 3.61. The predicted octanol–water partition coefficient (Wildman–Crippen LogP) is 1.95. The molecule has 0 bridgehead atoms. The van der Waals surface area contributed by atoms with Crippen LogP contribution < -0.4 is 0 Å². The Morgan fingerprint density at radius 2 is 1.76 bits per heavy atom. The van der Waals surface area contributed by atoms with E-state index in [2.05, 4.69) is 0 Å². The van der Waals surface area contributed by atoms with Crippen molar-refractivity contribution in [1.82, 2.24) is 9.21 Å². The van der Waals surface area contributed by atoms with Gasteiger partial charge in [0.1, 0.15) is 0 Å². The molecule has 116 valence electrons. The van der Waals surface area contributed by atoms with Gasteiger partial charge in [0.25, 0.3) is 5.91 Å². The van der Waals surface area contributed by atoms with Gasteiger partial charge < -0.3 is 4.90 Å². The predicted molar refractivity (Wildman–Crippen MR) is 81.7 cm³/mol. The molecule has 0 aromatic heterocycles. The van der Waals surface area contributed by atoms with Gasteiger partial charge in [-0.2, -0.15) is 0 Å². The highest BCUT2D eigenvalue weighted by molar-refractivity contribution is 7.89. The van der Waals surface area contributed by atoms with Crippen molar-refractivity contribution >= 4 is 15.9 Å². The Kier molecular flexibility index (Phi) is 4.68. The Morgan fingerprint density at radius 1 is 1.14 bits per heavy atom. The largest absolute Gasteiger partial charge is 0.339 e. The molecule has 0 aliphatic heterocycles. The van der Waals surface area contributed by atoms with Gasteiger partial charge in [0.2, 0.25) is 10.0 Å². The lowest BCUT2D eigenvalue weighted by Crippen LogP contribution is -2.35. The van der Waals surface area contributed by atoms with Gasteiger partial charge in [0.15, 0.2) is 0 Å². The summed E-state index contributed by atoms with van der Waals surface area (Å²) in [5, 5.41) is 0. The Balaban J connectivity index is 2.27. The van der Waals surface area contributed by atoms with Crippen molar-refractivity contribution in [2.24, 2.45) is 0 Å². The number of carbonyl (C=O) groups is 1. The molecule has 1 saturated carbocycles. The molecule has 0 radical (unpaired) electrons. The third-order valence-electron chi connectivity index (χ3n) is 4.05. The number of sulfonamides is 1. The lowest BCUT2D eigenvalue weighted by Gasteiger charge is -2.24. The van der Waals surface area contributed by atoms with E-state index in [1.807, 2.05) is 0 Å². The Bertz CT molecular complexity index is 620. The summed E-state index contributed by atoms with van der Waals surface area (Å²) in [6.07, 6.45) is 4.35. The molecular weight excluding hydrogens is 288 g/mol. The maximum atomic E-state index is 12.5. The monoisotopic (exact) mass is 310 g/mol. The van der Waals surface area contributed by atoms with Crippen molar-refractivity contribution in [3.8, 4) is 0 Å². The molecule has 1 aliphatic carbocycles. The first-order valence-corrected chi connectivity index (χ1v) is 8.58. The molecule has 0 unspecified atom stereocenters. The number of carbonyl (C=O) groups excluding carboxylic acids is 1. The number of nitrogens with zero attached hydrogens (tertiary/aromatic N) is 2. The smallest absolute Gasteiger partial charge is 0.253 e. The summed E-state index contributed by atoms with van der Waals surface area (Å²) in [4.78, 5) is 14.4. The molecule has 2 rings (SSSR count). The van der Waals surface area contributed by atoms with E-state index >= 15 is 0 Å². The topological polar surface area (TPSA) is 57.7 Å². The second-order valence-corrected chi connectivity index (χ2v) is 7.82. The minimum Gasteiger partial charge on any atom is -0.339 e. The maximum absolute atomic E-state index is 12.5. The minimum atomic E-state index is -3.52. The van der Waals surface area contributed by atoms with E-state index in [4.69, 9.17) is 0 Å². The zero-order chi connectivity index (χ0) is 15.6. The number of hydrogen-bond donors (Lipinski definition) is 0. The molecule has 1 aliphatic rings. The maximum Gasteiger partial charge on any atom is 0.253 e. The average Bonchev–Trinajstić information content (AvgIpc) is 2.99. The summed E-state index contributed by atoms with van der Waals surface area (Å²) in [7, 11) is 1.24. The number of benzene rings is 1. The molecule has 0 spiro atoms. The van der Waals surface area contributed by atoms with Crippen molar-refractivity contribution in [1.29, 1.82) is 0 Å². The highest BCUT2D eigenvalue weighted by Gasteiger charge is 2.25. The first-order valence-electron chi connectivity index (χ1n) is 7.14. The Labute approximate surface area is 126 Å². The van der Waals surface area contributed by atoms with Crippen LogP contribution in [0.3, 0.4) is 0 Å². The van der Waals surface area contributed by atoms with Gasteiger partial charge in [0, 0.05) is 32.7 Å². The van der Waals surface area contributed by atoms with E-state index in [1.54, 1.807) is 24.1 Å². The van der Waals surface area contributed by atoms with Gasteiger partial charge in [-0.15, -0.1) is 0 Å². The number of amides is 1. The summed E-state index contributed by atoms with van der Waals surface area (Å²) in [5.41, 5.74) is 0.423. The summed E-state index contributed by atoms with van der Waals surface area (Å²) in [6.45, 7) is 0. The third kappa shape index (κ3) is 3.27. The van der Waals surface area contributed by atoms with Crippen LogP contribution in [-0.2, 0) is 10.0 Å². The van der Waals surface area contributed by atoms with Gasteiger partial charge in [-0.3, -0.25) is 4.79 Å². The van der Waals surface area contributed by atoms with Gasteiger partial charge in [-0.1, -0.05) is 18.9 Å². The molecule has 1 fully saturated rings. The van der Waals surface area contributed by atoms with Gasteiger partial charge in [-0.05, 0) is 31.0 Å². The fraction of sp³-hybridized carbons (Fsp3) is 0.533. The Morgan fingerprint density at radius 3 is 2.33 bits per heavy atom. The van der Waals surface area contributed by atoms with E-state index in [-0.39, 0.29) is 16.8 Å². The van der Waals surface area contributed by atoms with Crippen LogP contribution in [0.2, 0.25) is 0 Å². The van der Waals surface area contributed by atoms with Crippen LogP contribution in [0.5, 0.6) is 0 Å². The van der Waals surface area contributed by atoms with Crippen molar-refractivity contribution < 1.29 is 13.2 Å². The molecular formula is C15H22N2O3S. The van der Waals surface area contributed by atoms with Crippen molar-refractivity contribution in [3.63, 3.8) is 0 Å².